The van der Waals surface area contributed by atoms with Crippen molar-refractivity contribution in [1.29, 1.82) is 0 Å². The van der Waals surface area contributed by atoms with Crippen LogP contribution in [0.3, 0.4) is 0 Å². The number of ether oxygens (including phenoxy) is 1. The number of para-hydroxylation sites is 1. The van der Waals surface area contributed by atoms with Crippen LogP contribution >= 0.6 is 0 Å². The third-order valence-electron chi connectivity index (χ3n) is 4.23. The monoisotopic (exact) mass is 353 g/mol. The first kappa shape index (κ1) is 18.0. The lowest BCUT2D eigenvalue weighted by Crippen LogP contribution is -2.48. The minimum atomic E-state index is -1.68. The van der Waals surface area contributed by atoms with Crippen molar-refractivity contribution in [3.05, 3.63) is 65.9 Å². The number of amides is 1. The topological polar surface area (TPSA) is 91.9 Å². The van der Waals surface area contributed by atoms with E-state index >= 15 is 0 Å². The summed E-state index contributed by atoms with van der Waals surface area (Å²) in [7, 11) is -0.0994. The summed E-state index contributed by atoms with van der Waals surface area (Å²) in [6.07, 6.45) is 1.97. The molecule has 1 aromatic heterocycles. The molecule has 7 heteroatoms. The number of nitrogens with one attached hydrogen (secondary N) is 1. The van der Waals surface area contributed by atoms with Gasteiger partial charge in [0.25, 0.3) is 0 Å². The number of furan rings is 1. The van der Waals surface area contributed by atoms with Crippen molar-refractivity contribution in [1.82, 2.24) is 5.32 Å². The number of benzene rings is 2. The molecule has 0 saturated heterocycles. The Balaban J connectivity index is 1.66. The number of methoxy groups -OCH3 is 1. The summed E-state index contributed by atoms with van der Waals surface area (Å²) in [4.78, 5) is 12.3. The Labute approximate surface area is 151 Å². The fourth-order valence-electron chi connectivity index (χ4n) is 2.85. The minimum Gasteiger partial charge on any atom is -0.497 e. The normalized spacial score (nSPS) is 12.0. The van der Waals surface area contributed by atoms with E-state index in [-0.39, 0.29) is 18.7 Å². The fourth-order valence-corrected chi connectivity index (χ4v) is 2.85. The molecule has 0 radical (unpaired) electrons. The Morgan fingerprint density at radius 1 is 1.19 bits per heavy atom. The van der Waals surface area contributed by atoms with Crippen LogP contribution < -0.4 is 10.1 Å². The Kier molecular flexibility index (Phi) is 5.60. The van der Waals surface area contributed by atoms with E-state index in [1.165, 1.54) is 0 Å². The summed E-state index contributed by atoms with van der Waals surface area (Å²) >= 11 is 0. The third-order valence-corrected chi connectivity index (χ3v) is 4.23. The Morgan fingerprint density at radius 2 is 1.92 bits per heavy atom. The molecule has 2 aromatic carbocycles. The summed E-state index contributed by atoms with van der Waals surface area (Å²) in [5.74, 6) is -0.410. The van der Waals surface area contributed by atoms with Crippen molar-refractivity contribution in [2.75, 3.05) is 7.11 Å². The first-order chi connectivity index (χ1) is 12.6. The Morgan fingerprint density at radius 3 is 2.62 bits per heavy atom. The number of carbonyl (C=O) groups excluding carboxylic acids is 1. The van der Waals surface area contributed by atoms with E-state index in [2.05, 4.69) is 5.32 Å². The van der Waals surface area contributed by atoms with Gasteiger partial charge < -0.3 is 24.5 Å². The van der Waals surface area contributed by atoms with E-state index in [9.17, 15) is 14.8 Å². The van der Waals surface area contributed by atoms with E-state index < -0.39 is 13.1 Å². The second-order valence-electron chi connectivity index (χ2n) is 6.07. The molecule has 3 rings (SSSR count). The van der Waals surface area contributed by atoms with Crippen LogP contribution in [0.1, 0.15) is 11.1 Å². The first-order valence-corrected chi connectivity index (χ1v) is 8.30. The molecule has 6 nitrogen and oxygen atoms in total. The van der Waals surface area contributed by atoms with Gasteiger partial charge >= 0.3 is 7.12 Å². The first-order valence-electron chi connectivity index (χ1n) is 8.30. The van der Waals surface area contributed by atoms with Gasteiger partial charge in [-0.1, -0.05) is 30.3 Å². The zero-order valence-electron chi connectivity index (χ0n) is 14.4. The molecule has 0 fully saturated rings. The highest BCUT2D eigenvalue weighted by Crippen LogP contribution is 2.22. The highest BCUT2D eigenvalue weighted by molar-refractivity contribution is 6.43. The molecule has 1 amide bonds. The largest absolute Gasteiger partial charge is 0.497 e. The van der Waals surface area contributed by atoms with E-state index in [1.807, 2.05) is 24.3 Å². The number of fused-ring (bicyclic) bond motifs is 1. The smallest absolute Gasteiger partial charge is 0.475 e. The summed E-state index contributed by atoms with van der Waals surface area (Å²) in [6.45, 7) is 0. The number of hydrogen-bond acceptors (Lipinski definition) is 5. The molecule has 0 saturated carbocycles. The highest BCUT2D eigenvalue weighted by Gasteiger charge is 2.26. The highest BCUT2D eigenvalue weighted by atomic mass is 16.5. The SMILES string of the molecule is COc1ccc(CC(=O)NC(Cc2coc3ccccc23)B(O)O)cc1. The van der Waals surface area contributed by atoms with Gasteiger partial charge in [-0.15, -0.1) is 0 Å². The van der Waals surface area contributed by atoms with E-state index in [1.54, 1.807) is 37.6 Å². The molecule has 0 bridgehead atoms. The standard InChI is InChI=1S/C19H20BNO5/c1-25-15-8-6-13(7-9-15)10-19(22)21-18(20(23)24)11-14-12-26-17-5-3-2-4-16(14)17/h2-9,12,18,23-24H,10-11H2,1H3,(H,21,22). The Hall–Kier alpha value is -2.77. The molecule has 0 aliphatic rings. The van der Waals surface area contributed by atoms with Gasteiger partial charge in [0.2, 0.25) is 5.91 Å². The van der Waals surface area contributed by atoms with Gasteiger partial charge in [0.15, 0.2) is 0 Å². The van der Waals surface area contributed by atoms with Crippen LogP contribution in [0, 0.1) is 0 Å². The van der Waals surface area contributed by atoms with Gasteiger partial charge in [-0.2, -0.15) is 0 Å². The molecule has 0 spiro atoms. The van der Waals surface area contributed by atoms with E-state index in [4.69, 9.17) is 9.15 Å². The van der Waals surface area contributed by atoms with Gasteiger partial charge in [-0.3, -0.25) is 4.79 Å². The van der Waals surface area contributed by atoms with Crippen LogP contribution in [-0.2, 0) is 17.6 Å². The van der Waals surface area contributed by atoms with E-state index in [0.29, 0.717) is 5.75 Å². The maximum Gasteiger partial charge on any atom is 0.475 e. The van der Waals surface area contributed by atoms with Crippen molar-refractivity contribution >= 4 is 24.0 Å². The predicted octanol–water partition coefficient (Wildman–Crippen LogP) is 1.72. The lowest BCUT2D eigenvalue weighted by molar-refractivity contribution is -0.120. The predicted molar refractivity (Wildman–Crippen MR) is 98.7 cm³/mol. The Bertz CT molecular complexity index is 875. The summed E-state index contributed by atoms with van der Waals surface area (Å²) in [5.41, 5.74) is 2.34. The summed E-state index contributed by atoms with van der Waals surface area (Å²) < 4.78 is 10.6. The lowest BCUT2D eigenvalue weighted by atomic mass is 9.75. The van der Waals surface area contributed by atoms with Crippen molar-refractivity contribution in [2.24, 2.45) is 0 Å². The van der Waals surface area contributed by atoms with Crippen LogP contribution in [0.5, 0.6) is 5.75 Å². The number of rotatable bonds is 7. The molecule has 3 N–H and O–H groups in total. The zero-order valence-corrected chi connectivity index (χ0v) is 14.4. The summed E-state index contributed by atoms with van der Waals surface area (Å²) in [6, 6.07) is 14.6. The molecule has 0 aliphatic carbocycles. The van der Waals surface area contributed by atoms with Crippen molar-refractivity contribution in [3.8, 4) is 5.75 Å². The fraction of sp³-hybridized carbons (Fsp3) is 0.211. The zero-order chi connectivity index (χ0) is 18.5. The second kappa shape index (κ2) is 8.08. The minimum absolute atomic E-state index is 0.138. The third kappa shape index (κ3) is 4.25. The van der Waals surface area contributed by atoms with Crippen LogP contribution in [0.2, 0.25) is 0 Å². The molecular weight excluding hydrogens is 333 g/mol. The quantitative estimate of drug-likeness (QED) is 0.563. The van der Waals surface area contributed by atoms with Gasteiger partial charge in [-0.25, -0.2) is 0 Å². The van der Waals surface area contributed by atoms with Crippen LogP contribution in [-0.4, -0.2) is 36.1 Å². The van der Waals surface area contributed by atoms with Gasteiger partial charge in [0, 0.05) is 5.39 Å². The molecule has 1 heterocycles. The molecule has 1 atom stereocenters. The maximum absolute atomic E-state index is 12.3. The van der Waals surface area contributed by atoms with Crippen molar-refractivity contribution < 1.29 is 24.0 Å². The molecule has 26 heavy (non-hydrogen) atoms. The molecular formula is C19H20BNO5. The maximum atomic E-state index is 12.3. The molecule has 3 aromatic rings. The average Bonchev–Trinajstić information content (AvgIpc) is 3.05. The number of carbonyl (C=O) groups is 1. The average molecular weight is 353 g/mol. The van der Waals surface area contributed by atoms with Crippen LogP contribution in [0.25, 0.3) is 11.0 Å². The van der Waals surface area contributed by atoms with Gasteiger partial charge in [-0.05, 0) is 35.7 Å². The molecule has 1 unspecified atom stereocenters. The van der Waals surface area contributed by atoms with Crippen molar-refractivity contribution in [3.63, 3.8) is 0 Å². The second-order valence-corrected chi connectivity index (χ2v) is 6.07. The van der Waals surface area contributed by atoms with Gasteiger partial charge in [0.1, 0.15) is 11.3 Å². The van der Waals surface area contributed by atoms with Crippen LogP contribution in [0.4, 0.5) is 0 Å². The van der Waals surface area contributed by atoms with Gasteiger partial charge in [0.05, 0.1) is 25.7 Å². The number of hydrogen-bond donors (Lipinski definition) is 3. The van der Waals surface area contributed by atoms with E-state index in [0.717, 1.165) is 22.1 Å². The molecule has 134 valence electrons. The molecule has 0 aliphatic heterocycles. The van der Waals surface area contributed by atoms with Crippen LogP contribution in [0.15, 0.2) is 59.2 Å². The summed E-state index contributed by atoms with van der Waals surface area (Å²) in [5, 5.41) is 22.9. The van der Waals surface area contributed by atoms with Crippen molar-refractivity contribution in [2.45, 2.75) is 18.8 Å². The lowest BCUT2D eigenvalue weighted by Gasteiger charge is -2.17.